The summed E-state index contributed by atoms with van der Waals surface area (Å²) in [5.41, 5.74) is 1.26. The summed E-state index contributed by atoms with van der Waals surface area (Å²) < 4.78 is 7.75. The van der Waals surface area contributed by atoms with Gasteiger partial charge in [0.1, 0.15) is 11.6 Å². The molecule has 0 aliphatic carbocycles. The molecule has 1 unspecified atom stereocenters. The highest BCUT2D eigenvalue weighted by atomic mass is 127. The van der Waals surface area contributed by atoms with Gasteiger partial charge in [-0.05, 0) is 37.0 Å². The van der Waals surface area contributed by atoms with Crippen LogP contribution in [0.15, 0.2) is 29.3 Å². The molecule has 0 amide bonds. The van der Waals surface area contributed by atoms with Crippen molar-refractivity contribution in [2.45, 2.75) is 58.5 Å². The Hall–Kier alpha value is -1.84. The Morgan fingerprint density at radius 1 is 1.34 bits per heavy atom. The van der Waals surface area contributed by atoms with Crippen molar-refractivity contribution in [3.8, 4) is 5.75 Å². The summed E-state index contributed by atoms with van der Waals surface area (Å²) in [5, 5.41) is 11.5. The standard InChI is InChI=1S/C21H32N6O.HI/c1-4-13-28-18-8-6-7-16(14-18)11-12-23-21(22-3)24-17-9-10-20-25-19(5-2)26-27(20)15-17;/h6-8,14,17H,4-5,9-13,15H2,1-3H3,(H2,22,23,24);1H. The summed E-state index contributed by atoms with van der Waals surface area (Å²) in [4.78, 5) is 8.95. The maximum absolute atomic E-state index is 5.71. The molecule has 2 aromatic rings. The predicted octanol–water partition coefficient (Wildman–Crippen LogP) is 2.97. The second kappa shape index (κ2) is 12.0. The minimum absolute atomic E-state index is 0. The van der Waals surface area contributed by atoms with Crippen LogP contribution in [-0.4, -0.2) is 47.0 Å². The van der Waals surface area contributed by atoms with E-state index in [1.54, 1.807) is 0 Å². The largest absolute Gasteiger partial charge is 0.494 e. The third-order valence-corrected chi connectivity index (χ3v) is 4.86. The topological polar surface area (TPSA) is 76.4 Å². The highest BCUT2D eigenvalue weighted by molar-refractivity contribution is 14.0. The normalized spacial score (nSPS) is 16.0. The average Bonchev–Trinajstić information content (AvgIpc) is 3.14. The second-order valence-electron chi connectivity index (χ2n) is 7.10. The van der Waals surface area contributed by atoms with E-state index in [-0.39, 0.29) is 24.0 Å². The highest BCUT2D eigenvalue weighted by Crippen LogP contribution is 2.14. The van der Waals surface area contributed by atoms with Gasteiger partial charge >= 0.3 is 0 Å². The quantitative estimate of drug-likeness (QED) is 0.323. The zero-order valence-electron chi connectivity index (χ0n) is 17.6. The van der Waals surface area contributed by atoms with E-state index in [4.69, 9.17) is 4.74 Å². The van der Waals surface area contributed by atoms with Gasteiger partial charge in [0.2, 0.25) is 0 Å². The minimum Gasteiger partial charge on any atom is -0.494 e. The minimum atomic E-state index is 0. The van der Waals surface area contributed by atoms with Gasteiger partial charge in [-0.25, -0.2) is 9.67 Å². The third kappa shape index (κ3) is 6.87. The lowest BCUT2D eigenvalue weighted by atomic mass is 10.1. The van der Waals surface area contributed by atoms with Gasteiger partial charge < -0.3 is 15.4 Å². The molecule has 1 atom stereocenters. The molecule has 3 rings (SSSR count). The SMILES string of the molecule is CCCOc1cccc(CCNC(=NC)NC2CCc3nc(CC)nn3C2)c1.I. The first-order valence-corrected chi connectivity index (χ1v) is 10.3. The molecule has 1 aliphatic rings. The van der Waals surface area contributed by atoms with Crippen molar-refractivity contribution in [1.82, 2.24) is 25.4 Å². The van der Waals surface area contributed by atoms with Crippen molar-refractivity contribution in [2.24, 2.45) is 4.99 Å². The third-order valence-electron chi connectivity index (χ3n) is 4.86. The van der Waals surface area contributed by atoms with Crippen molar-refractivity contribution >= 4 is 29.9 Å². The van der Waals surface area contributed by atoms with Crippen LogP contribution in [0.5, 0.6) is 5.75 Å². The molecule has 8 heteroatoms. The smallest absolute Gasteiger partial charge is 0.191 e. The lowest BCUT2D eigenvalue weighted by Gasteiger charge is -2.25. The molecule has 0 saturated carbocycles. The number of ether oxygens (including phenoxy) is 1. The van der Waals surface area contributed by atoms with Crippen LogP contribution in [0.2, 0.25) is 0 Å². The number of halogens is 1. The number of nitrogens with zero attached hydrogens (tertiary/aromatic N) is 4. The molecular weight excluding hydrogens is 479 g/mol. The number of aromatic nitrogens is 3. The maximum Gasteiger partial charge on any atom is 0.191 e. The number of rotatable bonds is 8. The second-order valence-corrected chi connectivity index (χ2v) is 7.10. The van der Waals surface area contributed by atoms with Gasteiger partial charge in [-0.2, -0.15) is 5.10 Å². The van der Waals surface area contributed by atoms with Gasteiger partial charge in [0.15, 0.2) is 11.8 Å². The Morgan fingerprint density at radius 3 is 2.97 bits per heavy atom. The fourth-order valence-electron chi connectivity index (χ4n) is 3.35. The molecule has 2 heterocycles. The van der Waals surface area contributed by atoms with E-state index in [1.165, 1.54) is 5.56 Å². The molecule has 1 aliphatic heterocycles. The molecule has 160 valence electrons. The van der Waals surface area contributed by atoms with Crippen LogP contribution in [0, 0.1) is 0 Å². The van der Waals surface area contributed by atoms with Gasteiger partial charge in [0.25, 0.3) is 0 Å². The molecule has 1 aromatic heterocycles. The molecule has 0 bridgehead atoms. The maximum atomic E-state index is 5.71. The molecule has 0 spiro atoms. The summed E-state index contributed by atoms with van der Waals surface area (Å²) in [5.74, 6) is 3.81. The number of hydrogen-bond acceptors (Lipinski definition) is 4. The van der Waals surface area contributed by atoms with Crippen LogP contribution in [0.25, 0.3) is 0 Å². The Balaban J connectivity index is 0.00000300. The predicted molar refractivity (Wildman–Crippen MR) is 127 cm³/mol. The molecular formula is C21H33IN6O. The lowest BCUT2D eigenvalue weighted by molar-refractivity contribution is 0.317. The van der Waals surface area contributed by atoms with Crippen molar-refractivity contribution in [1.29, 1.82) is 0 Å². The first-order valence-electron chi connectivity index (χ1n) is 10.3. The van der Waals surface area contributed by atoms with Crippen LogP contribution >= 0.6 is 24.0 Å². The van der Waals surface area contributed by atoms with E-state index in [0.717, 1.165) is 75.2 Å². The Morgan fingerprint density at radius 2 is 2.21 bits per heavy atom. The van der Waals surface area contributed by atoms with Gasteiger partial charge in [0.05, 0.1) is 13.2 Å². The number of aliphatic imine (C=N–C) groups is 1. The van der Waals surface area contributed by atoms with Gasteiger partial charge in [-0.1, -0.05) is 26.0 Å². The molecule has 1 aromatic carbocycles. The van der Waals surface area contributed by atoms with E-state index in [1.807, 2.05) is 17.8 Å². The number of nitrogens with one attached hydrogen (secondary N) is 2. The highest BCUT2D eigenvalue weighted by Gasteiger charge is 2.21. The average molecular weight is 512 g/mol. The van der Waals surface area contributed by atoms with Crippen LogP contribution in [0.3, 0.4) is 0 Å². The first kappa shape index (κ1) is 23.4. The number of hydrogen-bond donors (Lipinski definition) is 2. The molecule has 7 nitrogen and oxygen atoms in total. The van der Waals surface area contributed by atoms with Crippen LogP contribution < -0.4 is 15.4 Å². The summed E-state index contributed by atoms with van der Waals surface area (Å²) in [6.45, 7) is 6.62. The number of aryl methyl sites for hydroxylation is 2. The fraction of sp³-hybridized carbons (Fsp3) is 0.571. The van der Waals surface area contributed by atoms with Crippen LogP contribution in [-0.2, 0) is 25.8 Å². The van der Waals surface area contributed by atoms with Crippen molar-refractivity contribution in [3.05, 3.63) is 41.5 Å². The molecule has 0 saturated heterocycles. The van der Waals surface area contributed by atoms with Gasteiger partial charge in [-0.3, -0.25) is 4.99 Å². The Kier molecular flexibility index (Phi) is 9.69. The molecule has 29 heavy (non-hydrogen) atoms. The Labute approximate surface area is 190 Å². The molecule has 2 N–H and O–H groups in total. The monoisotopic (exact) mass is 512 g/mol. The summed E-state index contributed by atoms with van der Waals surface area (Å²) in [7, 11) is 1.81. The number of guanidine groups is 1. The van der Waals surface area contributed by atoms with E-state index < -0.39 is 0 Å². The zero-order valence-corrected chi connectivity index (χ0v) is 20.0. The van der Waals surface area contributed by atoms with Crippen molar-refractivity contribution in [3.63, 3.8) is 0 Å². The fourth-order valence-corrected chi connectivity index (χ4v) is 3.35. The number of fused-ring (bicyclic) bond motifs is 1. The summed E-state index contributed by atoms with van der Waals surface area (Å²) >= 11 is 0. The first-order chi connectivity index (χ1) is 13.7. The van der Waals surface area contributed by atoms with E-state index in [9.17, 15) is 0 Å². The zero-order chi connectivity index (χ0) is 19.8. The van der Waals surface area contributed by atoms with Gasteiger partial charge in [-0.15, -0.1) is 24.0 Å². The summed E-state index contributed by atoms with van der Waals surface area (Å²) in [6.07, 6.45) is 4.81. The van der Waals surface area contributed by atoms with Crippen molar-refractivity contribution < 1.29 is 4.74 Å². The molecule has 0 radical (unpaired) electrons. The summed E-state index contributed by atoms with van der Waals surface area (Å²) in [6, 6.07) is 8.63. The van der Waals surface area contributed by atoms with E-state index in [0.29, 0.717) is 6.04 Å². The molecule has 0 fully saturated rings. The van der Waals surface area contributed by atoms with Crippen LogP contribution in [0.4, 0.5) is 0 Å². The van der Waals surface area contributed by atoms with Crippen LogP contribution in [0.1, 0.15) is 43.9 Å². The number of benzene rings is 1. The Bertz CT molecular complexity index is 791. The van der Waals surface area contributed by atoms with Crippen molar-refractivity contribution in [2.75, 3.05) is 20.2 Å². The van der Waals surface area contributed by atoms with Gasteiger partial charge in [0, 0.05) is 32.5 Å². The van der Waals surface area contributed by atoms with E-state index in [2.05, 4.69) is 57.8 Å². The van der Waals surface area contributed by atoms with E-state index >= 15 is 0 Å². The lowest BCUT2D eigenvalue weighted by Crippen LogP contribution is -2.47.